The van der Waals surface area contributed by atoms with Gasteiger partial charge in [-0.15, -0.1) is 0 Å². The summed E-state index contributed by atoms with van der Waals surface area (Å²) in [6, 6.07) is 13.6. The molecule has 6 nitrogen and oxygen atoms in total. The third-order valence-corrected chi connectivity index (χ3v) is 4.41. The highest BCUT2D eigenvalue weighted by molar-refractivity contribution is 6.04. The lowest BCUT2D eigenvalue weighted by Gasteiger charge is -2.13. The van der Waals surface area contributed by atoms with Crippen LogP contribution in [0, 0.1) is 13.8 Å². The van der Waals surface area contributed by atoms with Gasteiger partial charge < -0.3 is 15.5 Å². The highest BCUT2D eigenvalue weighted by Gasteiger charge is 2.09. The van der Waals surface area contributed by atoms with Crippen molar-refractivity contribution in [2.75, 3.05) is 29.6 Å². The molecular weight excluding hydrogens is 338 g/mol. The first kappa shape index (κ1) is 18.4. The van der Waals surface area contributed by atoms with Crippen LogP contribution in [-0.4, -0.2) is 30.0 Å². The van der Waals surface area contributed by atoms with Crippen LogP contribution in [0.5, 0.6) is 0 Å². The largest absolute Gasteiger partial charge is 0.378 e. The summed E-state index contributed by atoms with van der Waals surface area (Å²) in [5, 5.41) is 6.04. The molecule has 1 amide bonds. The van der Waals surface area contributed by atoms with E-state index in [2.05, 4.69) is 33.6 Å². The molecule has 1 aromatic heterocycles. The summed E-state index contributed by atoms with van der Waals surface area (Å²) in [6.45, 7) is 4.10. The fraction of sp³-hybridized carbons (Fsp3) is 0.190. The van der Waals surface area contributed by atoms with Gasteiger partial charge in [0.05, 0.1) is 5.56 Å². The monoisotopic (exact) mass is 361 g/mol. The number of aromatic nitrogens is 2. The van der Waals surface area contributed by atoms with E-state index in [0.717, 1.165) is 22.6 Å². The van der Waals surface area contributed by atoms with Gasteiger partial charge in [0, 0.05) is 43.6 Å². The lowest BCUT2D eigenvalue weighted by atomic mass is 10.1. The van der Waals surface area contributed by atoms with Crippen LogP contribution in [0.1, 0.15) is 21.5 Å². The van der Waals surface area contributed by atoms with Crippen molar-refractivity contribution >= 4 is 28.9 Å². The second kappa shape index (κ2) is 7.86. The quantitative estimate of drug-likeness (QED) is 0.714. The first-order chi connectivity index (χ1) is 12.9. The maximum Gasteiger partial charge on any atom is 0.258 e. The van der Waals surface area contributed by atoms with Crippen LogP contribution < -0.4 is 15.5 Å². The van der Waals surface area contributed by atoms with E-state index in [1.54, 1.807) is 0 Å². The molecule has 0 atom stereocenters. The summed E-state index contributed by atoms with van der Waals surface area (Å²) < 4.78 is 0. The number of anilines is 4. The molecule has 0 radical (unpaired) electrons. The fourth-order valence-corrected chi connectivity index (χ4v) is 2.56. The third kappa shape index (κ3) is 4.41. The van der Waals surface area contributed by atoms with Crippen LogP contribution in [-0.2, 0) is 0 Å². The first-order valence-corrected chi connectivity index (χ1v) is 8.68. The topological polar surface area (TPSA) is 70.2 Å². The van der Waals surface area contributed by atoms with Crippen molar-refractivity contribution in [2.24, 2.45) is 0 Å². The minimum Gasteiger partial charge on any atom is -0.378 e. The number of nitrogens with zero attached hydrogens (tertiary/aromatic N) is 3. The molecule has 6 heteroatoms. The molecule has 1 heterocycles. The molecule has 2 N–H and O–H groups in total. The lowest BCUT2D eigenvalue weighted by Crippen LogP contribution is -2.13. The van der Waals surface area contributed by atoms with Crippen molar-refractivity contribution in [2.45, 2.75) is 13.8 Å². The van der Waals surface area contributed by atoms with E-state index < -0.39 is 0 Å². The van der Waals surface area contributed by atoms with E-state index in [4.69, 9.17) is 0 Å². The van der Waals surface area contributed by atoms with E-state index in [1.807, 2.05) is 62.3 Å². The molecule has 0 saturated heterocycles. The van der Waals surface area contributed by atoms with Crippen molar-refractivity contribution in [3.8, 4) is 0 Å². The molecule has 0 fully saturated rings. The second-order valence-corrected chi connectivity index (χ2v) is 6.56. The van der Waals surface area contributed by atoms with E-state index in [9.17, 15) is 4.79 Å². The Morgan fingerprint density at radius 1 is 0.963 bits per heavy atom. The number of amides is 1. The Labute approximate surface area is 159 Å². The number of hydrogen-bond acceptors (Lipinski definition) is 5. The van der Waals surface area contributed by atoms with Gasteiger partial charge in [-0.05, 0) is 55.3 Å². The minimum atomic E-state index is -0.245. The van der Waals surface area contributed by atoms with Gasteiger partial charge in [-0.3, -0.25) is 4.79 Å². The summed E-state index contributed by atoms with van der Waals surface area (Å²) in [7, 11) is 3.94. The van der Waals surface area contributed by atoms with Gasteiger partial charge in [-0.1, -0.05) is 12.1 Å². The van der Waals surface area contributed by atoms with Gasteiger partial charge in [0.1, 0.15) is 0 Å². The number of rotatable bonds is 5. The number of nitrogens with one attached hydrogen (secondary N) is 2. The number of benzene rings is 2. The maximum absolute atomic E-state index is 12.4. The van der Waals surface area contributed by atoms with Crippen molar-refractivity contribution in [3.05, 3.63) is 71.5 Å². The highest BCUT2D eigenvalue weighted by atomic mass is 16.1. The summed E-state index contributed by atoms with van der Waals surface area (Å²) in [5.74, 6) is 0.210. The third-order valence-electron chi connectivity index (χ3n) is 4.41. The molecule has 0 aliphatic rings. The first-order valence-electron chi connectivity index (χ1n) is 8.68. The molecule has 0 saturated carbocycles. The Hall–Kier alpha value is -3.41. The van der Waals surface area contributed by atoms with E-state index in [1.165, 1.54) is 18.0 Å². The van der Waals surface area contributed by atoms with Gasteiger partial charge in [-0.2, -0.15) is 0 Å². The molecule has 0 aliphatic heterocycles. The molecule has 2 aromatic carbocycles. The van der Waals surface area contributed by atoms with Gasteiger partial charge in [-0.25, -0.2) is 9.97 Å². The molecule has 0 aliphatic carbocycles. The van der Waals surface area contributed by atoms with Crippen LogP contribution in [0.2, 0.25) is 0 Å². The van der Waals surface area contributed by atoms with Gasteiger partial charge in [0.2, 0.25) is 5.95 Å². The summed E-state index contributed by atoms with van der Waals surface area (Å²) in [5.41, 5.74) is 5.48. The fourth-order valence-electron chi connectivity index (χ4n) is 2.56. The van der Waals surface area contributed by atoms with Crippen molar-refractivity contribution < 1.29 is 4.79 Å². The molecule has 138 valence electrons. The Bertz CT molecular complexity index is 934. The normalized spacial score (nSPS) is 10.4. The smallest absolute Gasteiger partial charge is 0.258 e. The Morgan fingerprint density at radius 2 is 1.63 bits per heavy atom. The molecule has 0 spiro atoms. The zero-order valence-corrected chi connectivity index (χ0v) is 15.9. The molecule has 0 bridgehead atoms. The Balaban J connectivity index is 1.67. The standard InChI is InChI=1S/C21H23N5O/c1-14-6-5-7-19(15(14)2)25-21-22-12-16(13-23-21)20(27)24-17-8-10-18(11-9-17)26(3)4/h5-13H,1-4H3,(H,24,27)(H,22,23,25). The van der Waals surface area contributed by atoms with Crippen LogP contribution in [0.25, 0.3) is 0 Å². The number of carbonyl (C=O) groups is 1. The summed E-state index contributed by atoms with van der Waals surface area (Å²) >= 11 is 0. The molecular formula is C21H23N5O. The van der Waals surface area contributed by atoms with Gasteiger partial charge in [0.25, 0.3) is 5.91 Å². The maximum atomic E-state index is 12.4. The number of aryl methyl sites for hydroxylation is 1. The second-order valence-electron chi connectivity index (χ2n) is 6.56. The zero-order chi connectivity index (χ0) is 19.4. The average molecular weight is 361 g/mol. The van der Waals surface area contributed by atoms with Gasteiger partial charge in [0.15, 0.2) is 0 Å². The minimum absolute atomic E-state index is 0.245. The van der Waals surface area contributed by atoms with Crippen LogP contribution in [0.3, 0.4) is 0 Å². The number of hydrogen-bond donors (Lipinski definition) is 2. The van der Waals surface area contributed by atoms with Crippen LogP contribution in [0.15, 0.2) is 54.9 Å². The molecule has 3 aromatic rings. The summed E-state index contributed by atoms with van der Waals surface area (Å²) in [4.78, 5) is 22.9. The molecule has 27 heavy (non-hydrogen) atoms. The van der Waals surface area contributed by atoms with E-state index >= 15 is 0 Å². The predicted octanol–water partition coefficient (Wildman–Crippen LogP) is 4.16. The SMILES string of the molecule is Cc1cccc(Nc2ncc(C(=O)Nc3ccc(N(C)C)cc3)cn2)c1C. The number of carbonyl (C=O) groups excluding carboxylic acids is 1. The van der Waals surface area contributed by atoms with Crippen LogP contribution >= 0.6 is 0 Å². The van der Waals surface area contributed by atoms with E-state index in [0.29, 0.717) is 11.5 Å². The van der Waals surface area contributed by atoms with Gasteiger partial charge >= 0.3 is 0 Å². The van der Waals surface area contributed by atoms with E-state index in [-0.39, 0.29) is 5.91 Å². The molecule has 3 rings (SSSR count). The van der Waals surface area contributed by atoms with Crippen molar-refractivity contribution in [3.63, 3.8) is 0 Å². The van der Waals surface area contributed by atoms with Crippen LogP contribution in [0.4, 0.5) is 23.0 Å². The average Bonchev–Trinajstić information content (AvgIpc) is 2.66. The highest BCUT2D eigenvalue weighted by Crippen LogP contribution is 2.21. The van der Waals surface area contributed by atoms with Crippen molar-refractivity contribution in [1.82, 2.24) is 9.97 Å². The Morgan fingerprint density at radius 3 is 2.26 bits per heavy atom. The zero-order valence-electron chi connectivity index (χ0n) is 15.9. The Kier molecular flexibility index (Phi) is 5.35. The van der Waals surface area contributed by atoms with Crippen molar-refractivity contribution in [1.29, 1.82) is 0 Å². The lowest BCUT2D eigenvalue weighted by molar-refractivity contribution is 0.102. The predicted molar refractivity (Wildman–Crippen MR) is 110 cm³/mol. The summed E-state index contributed by atoms with van der Waals surface area (Å²) in [6.07, 6.45) is 3.04. The molecule has 0 unspecified atom stereocenters.